The summed E-state index contributed by atoms with van der Waals surface area (Å²) in [6.45, 7) is 13.0. The second kappa shape index (κ2) is 11.2. The van der Waals surface area contributed by atoms with Crippen LogP contribution in [0.25, 0.3) is 0 Å². The first-order valence-electron chi connectivity index (χ1n) is 11.8. The standard InChI is InChI=1S/C27H39N3O4S/c1-9-23(26(32)28-27(5,6)7)29(17-22-13-11-10-12-20(22)3)25(31)18-30(35(8,33)34)24-15-14-19(2)16-21(24)4/h10-16,23H,9,17-18H2,1-8H3,(H,28,32). The van der Waals surface area contributed by atoms with Crippen LogP contribution in [-0.4, -0.2) is 49.5 Å². The van der Waals surface area contributed by atoms with E-state index in [1.54, 1.807) is 6.07 Å². The first kappa shape index (κ1) is 28.4. The van der Waals surface area contributed by atoms with Crippen molar-refractivity contribution in [2.75, 3.05) is 17.1 Å². The Morgan fingerprint density at radius 1 is 1.00 bits per heavy atom. The van der Waals surface area contributed by atoms with Crippen LogP contribution in [0.15, 0.2) is 42.5 Å². The van der Waals surface area contributed by atoms with Crippen LogP contribution in [0.3, 0.4) is 0 Å². The molecule has 0 saturated carbocycles. The summed E-state index contributed by atoms with van der Waals surface area (Å²) in [7, 11) is -3.76. The van der Waals surface area contributed by atoms with Crippen LogP contribution < -0.4 is 9.62 Å². The third kappa shape index (κ3) is 7.82. The largest absolute Gasteiger partial charge is 0.350 e. The predicted molar refractivity (Wildman–Crippen MR) is 142 cm³/mol. The maximum absolute atomic E-state index is 13.8. The molecule has 0 bridgehead atoms. The molecule has 1 unspecified atom stereocenters. The molecule has 0 radical (unpaired) electrons. The molecule has 0 aliphatic rings. The number of sulfonamides is 1. The van der Waals surface area contributed by atoms with Crippen molar-refractivity contribution in [3.63, 3.8) is 0 Å². The summed E-state index contributed by atoms with van der Waals surface area (Å²) in [5.74, 6) is -0.700. The van der Waals surface area contributed by atoms with Gasteiger partial charge in [0, 0.05) is 12.1 Å². The van der Waals surface area contributed by atoms with Crippen molar-refractivity contribution < 1.29 is 18.0 Å². The molecule has 0 saturated heterocycles. The molecule has 2 aromatic rings. The van der Waals surface area contributed by atoms with Crippen molar-refractivity contribution in [1.29, 1.82) is 0 Å². The van der Waals surface area contributed by atoms with Crippen molar-refractivity contribution in [3.05, 3.63) is 64.7 Å². The van der Waals surface area contributed by atoms with Gasteiger partial charge < -0.3 is 10.2 Å². The number of rotatable bonds is 9. The van der Waals surface area contributed by atoms with E-state index in [0.717, 1.165) is 32.8 Å². The molecule has 35 heavy (non-hydrogen) atoms. The lowest BCUT2D eigenvalue weighted by Gasteiger charge is -2.35. The lowest BCUT2D eigenvalue weighted by atomic mass is 10.0. The Bertz CT molecular complexity index is 1170. The van der Waals surface area contributed by atoms with E-state index < -0.39 is 34.1 Å². The van der Waals surface area contributed by atoms with Gasteiger partial charge in [-0.2, -0.15) is 0 Å². The summed E-state index contributed by atoms with van der Waals surface area (Å²) in [6, 6.07) is 12.3. The average Bonchev–Trinajstić information content (AvgIpc) is 2.71. The maximum atomic E-state index is 13.8. The Hall–Kier alpha value is -2.87. The summed E-state index contributed by atoms with van der Waals surface area (Å²) < 4.78 is 26.7. The first-order valence-corrected chi connectivity index (χ1v) is 13.7. The number of carbonyl (C=O) groups is 2. The van der Waals surface area contributed by atoms with Gasteiger partial charge in [-0.25, -0.2) is 8.42 Å². The van der Waals surface area contributed by atoms with E-state index in [4.69, 9.17) is 0 Å². The molecular formula is C27H39N3O4S. The van der Waals surface area contributed by atoms with Gasteiger partial charge >= 0.3 is 0 Å². The lowest BCUT2D eigenvalue weighted by Crippen LogP contribution is -2.55. The minimum atomic E-state index is -3.76. The highest BCUT2D eigenvalue weighted by Crippen LogP contribution is 2.25. The van der Waals surface area contributed by atoms with Gasteiger partial charge in [0.2, 0.25) is 21.8 Å². The first-order chi connectivity index (χ1) is 16.1. The molecule has 2 rings (SSSR count). The molecule has 0 spiro atoms. The minimum absolute atomic E-state index is 0.200. The molecule has 2 amide bonds. The summed E-state index contributed by atoms with van der Waals surface area (Å²) >= 11 is 0. The van der Waals surface area contributed by atoms with E-state index in [-0.39, 0.29) is 12.5 Å². The molecule has 0 aliphatic carbocycles. The summed E-state index contributed by atoms with van der Waals surface area (Å²) in [4.78, 5) is 28.5. The minimum Gasteiger partial charge on any atom is -0.350 e. The molecule has 0 fully saturated rings. The molecule has 1 N–H and O–H groups in total. The number of hydrogen-bond donors (Lipinski definition) is 1. The smallest absolute Gasteiger partial charge is 0.244 e. The van der Waals surface area contributed by atoms with Gasteiger partial charge in [-0.1, -0.05) is 48.9 Å². The van der Waals surface area contributed by atoms with Crippen LogP contribution >= 0.6 is 0 Å². The number of aryl methyl sites for hydroxylation is 3. The Morgan fingerprint density at radius 2 is 1.63 bits per heavy atom. The summed E-state index contributed by atoms with van der Waals surface area (Å²) in [5, 5.41) is 2.97. The molecule has 7 nitrogen and oxygen atoms in total. The maximum Gasteiger partial charge on any atom is 0.244 e. The molecule has 2 aromatic carbocycles. The van der Waals surface area contributed by atoms with E-state index >= 15 is 0 Å². The van der Waals surface area contributed by atoms with Crippen molar-refractivity contribution >= 4 is 27.5 Å². The van der Waals surface area contributed by atoms with Crippen LogP contribution in [0.5, 0.6) is 0 Å². The fourth-order valence-corrected chi connectivity index (χ4v) is 4.93. The fourth-order valence-electron chi connectivity index (χ4n) is 4.02. The van der Waals surface area contributed by atoms with Gasteiger partial charge in [-0.15, -0.1) is 0 Å². The number of nitrogens with one attached hydrogen (secondary N) is 1. The van der Waals surface area contributed by atoms with E-state index in [2.05, 4.69) is 5.32 Å². The van der Waals surface area contributed by atoms with E-state index in [1.807, 2.05) is 84.9 Å². The van der Waals surface area contributed by atoms with E-state index in [1.165, 1.54) is 4.90 Å². The average molecular weight is 502 g/mol. The number of nitrogens with zero attached hydrogens (tertiary/aromatic N) is 2. The third-order valence-corrected chi connectivity index (χ3v) is 6.91. The third-order valence-electron chi connectivity index (χ3n) is 5.79. The van der Waals surface area contributed by atoms with Gasteiger partial charge in [-0.3, -0.25) is 13.9 Å². The van der Waals surface area contributed by atoms with Crippen LogP contribution in [0.2, 0.25) is 0 Å². The molecular weight excluding hydrogens is 462 g/mol. The van der Waals surface area contributed by atoms with Crippen LogP contribution in [0, 0.1) is 20.8 Å². The zero-order chi connectivity index (χ0) is 26.6. The van der Waals surface area contributed by atoms with Crippen LogP contribution in [-0.2, 0) is 26.2 Å². The predicted octanol–water partition coefficient (Wildman–Crippen LogP) is 4.10. The number of hydrogen-bond acceptors (Lipinski definition) is 4. The monoisotopic (exact) mass is 501 g/mol. The summed E-state index contributed by atoms with van der Waals surface area (Å²) in [5.41, 5.74) is 3.63. The van der Waals surface area contributed by atoms with Gasteiger partial charge in [0.15, 0.2) is 0 Å². The summed E-state index contributed by atoms with van der Waals surface area (Å²) in [6.07, 6.45) is 1.48. The Morgan fingerprint density at radius 3 is 2.14 bits per heavy atom. The van der Waals surface area contributed by atoms with Crippen molar-refractivity contribution in [3.8, 4) is 0 Å². The Labute approximate surface area is 210 Å². The van der Waals surface area contributed by atoms with Gasteiger partial charge in [-0.05, 0) is 70.7 Å². The van der Waals surface area contributed by atoms with Crippen molar-refractivity contribution in [2.24, 2.45) is 0 Å². The van der Waals surface area contributed by atoms with Gasteiger partial charge in [0.1, 0.15) is 12.6 Å². The van der Waals surface area contributed by atoms with E-state index in [0.29, 0.717) is 12.1 Å². The molecule has 1 atom stereocenters. The van der Waals surface area contributed by atoms with Crippen LogP contribution in [0.4, 0.5) is 5.69 Å². The zero-order valence-electron chi connectivity index (χ0n) is 22.2. The topological polar surface area (TPSA) is 86.8 Å². The van der Waals surface area contributed by atoms with Gasteiger partial charge in [0.25, 0.3) is 0 Å². The second-order valence-corrected chi connectivity index (χ2v) is 12.1. The Kier molecular flexibility index (Phi) is 9.11. The number of carbonyl (C=O) groups excluding carboxylic acids is 2. The normalized spacial score (nSPS) is 12.7. The second-order valence-electron chi connectivity index (χ2n) is 10.2. The highest BCUT2D eigenvalue weighted by molar-refractivity contribution is 7.92. The highest BCUT2D eigenvalue weighted by atomic mass is 32.2. The molecule has 192 valence electrons. The van der Waals surface area contributed by atoms with Crippen LogP contribution in [0.1, 0.15) is 56.4 Å². The van der Waals surface area contributed by atoms with Crippen molar-refractivity contribution in [2.45, 2.75) is 73.0 Å². The number of benzene rings is 2. The SMILES string of the molecule is CCC(C(=O)NC(C)(C)C)N(Cc1ccccc1C)C(=O)CN(c1ccc(C)cc1C)S(C)(=O)=O. The molecule has 0 aromatic heterocycles. The Balaban J connectivity index is 2.51. The molecule has 0 aliphatic heterocycles. The quantitative estimate of drug-likeness (QED) is 0.560. The number of amides is 2. The van der Waals surface area contributed by atoms with Crippen molar-refractivity contribution in [1.82, 2.24) is 10.2 Å². The number of anilines is 1. The zero-order valence-corrected chi connectivity index (χ0v) is 23.0. The van der Waals surface area contributed by atoms with Gasteiger partial charge in [0.05, 0.1) is 11.9 Å². The fraction of sp³-hybridized carbons (Fsp3) is 0.481. The highest BCUT2D eigenvalue weighted by Gasteiger charge is 2.33. The molecule has 8 heteroatoms. The molecule has 0 heterocycles. The van der Waals surface area contributed by atoms with E-state index in [9.17, 15) is 18.0 Å². The lowest BCUT2D eigenvalue weighted by molar-refractivity contribution is -0.141.